The lowest BCUT2D eigenvalue weighted by Gasteiger charge is -2.50. The fraction of sp³-hybridized carbons (Fsp3) is 0.292. The van der Waals surface area contributed by atoms with Gasteiger partial charge in [-0.25, -0.2) is 18.7 Å². The molecule has 42 heavy (non-hydrogen) atoms. The molecule has 1 amide bonds. The molecule has 0 unspecified atom stereocenters. The molecule has 5 rings (SSSR count). The van der Waals surface area contributed by atoms with E-state index in [9.17, 15) is 45.0 Å². The summed E-state index contributed by atoms with van der Waals surface area (Å²) in [6.45, 7) is 0.887. The number of hydrogen-bond acceptors (Lipinski definition) is 6. The van der Waals surface area contributed by atoms with Crippen LogP contribution in [0.3, 0.4) is 0 Å². The smallest absolute Gasteiger partial charge is 0.364 e. The van der Waals surface area contributed by atoms with Crippen LogP contribution in [-0.2, 0) is 5.54 Å². The average Bonchev–Trinajstić information content (AvgIpc) is 3.56. The highest BCUT2D eigenvalue weighted by Gasteiger charge is 2.47. The molecule has 220 valence electrons. The van der Waals surface area contributed by atoms with E-state index in [0.717, 1.165) is 11.5 Å². The van der Waals surface area contributed by atoms with E-state index in [1.807, 2.05) is 6.07 Å². The number of carbonyl (C=O) groups excluding carboxylic acids is 1. The van der Waals surface area contributed by atoms with E-state index in [1.54, 1.807) is 28.6 Å². The summed E-state index contributed by atoms with van der Waals surface area (Å²) in [6.07, 6.45) is 1.73. The van der Waals surface area contributed by atoms with Crippen molar-refractivity contribution in [3.8, 4) is 17.3 Å². The Morgan fingerprint density at radius 3 is 2.55 bits per heavy atom. The van der Waals surface area contributed by atoms with Gasteiger partial charge in [-0.05, 0) is 19.1 Å². The molecule has 0 bridgehead atoms. The molecular weight excluding hydrogens is 579 g/mol. The summed E-state index contributed by atoms with van der Waals surface area (Å²) in [5.41, 5.74) is 0.0728. The minimum atomic E-state index is -4.74. The summed E-state index contributed by atoms with van der Waals surface area (Å²) in [4.78, 5) is 25.1. The highest BCUT2D eigenvalue weighted by Crippen LogP contribution is 2.38. The number of halogens is 8. The minimum absolute atomic E-state index is 0.0217. The lowest BCUT2D eigenvalue weighted by atomic mass is 9.86. The van der Waals surface area contributed by atoms with Gasteiger partial charge in [-0.1, -0.05) is 0 Å². The van der Waals surface area contributed by atoms with E-state index in [2.05, 4.69) is 26.1 Å². The highest BCUT2D eigenvalue weighted by atomic mass is 19.4. The summed E-state index contributed by atoms with van der Waals surface area (Å²) in [5, 5.41) is 16.3. The van der Waals surface area contributed by atoms with E-state index in [-0.39, 0.29) is 25.2 Å². The second-order valence-electron chi connectivity index (χ2n) is 9.32. The first-order valence-electron chi connectivity index (χ1n) is 12.0. The molecule has 0 radical (unpaired) electrons. The van der Waals surface area contributed by atoms with Crippen LogP contribution >= 0.6 is 0 Å². The topological polar surface area (TPSA) is 116 Å². The summed E-state index contributed by atoms with van der Waals surface area (Å²) in [6, 6.07) is 3.01. The summed E-state index contributed by atoms with van der Waals surface area (Å²) < 4.78 is 98.4. The Balaban J connectivity index is 0.000000952. The number of amides is 1. The molecule has 4 heterocycles. The van der Waals surface area contributed by atoms with Crippen LogP contribution < -0.4 is 10.2 Å². The predicted octanol–water partition coefficient (Wildman–Crippen LogP) is 4.79. The predicted molar refractivity (Wildman–Crippen MR) is 134 cm³/mol. The number of nitrogens with one attached hydrogen (secondary N) is 2. The summed E-state index contributed by atoms with van der Waals surface area (Å²) in [7, 11) is -3.67. The van der Waals surface area contributed by atoms with Crippen molar-refractivity contribution in [3.63, 3.8) is 0 Å². The first kappa shape index (κ1) is 30.3. The zero-order valence-electron chi connectivity index (χ0n) is 21.4. The van der Waals surface area contributed by atoms with E-state index in [0.29, 0.717) is 29.9 Å². The van der Waals surface area contributed by atoms with E-state index < -0.39 is 48.4 Å². The molecule has 3 aromatic heterocycles. The van der Waals surface area contributed by atoms with Gasteiger partial charge >= 0.3 is 13.7 Å². The van der Waals surface area contributed by atoms with Gasteiger partial charge in [0.15, 0.2) is 0 Å². The summed E-state index contributed by atoms with van der Waals surface area (Å²) >= 11 is 0. The van der Waals surface area contributed by atoms with Gasteiger partial charge in [-0.2, -0.15) is 23.5 Å². The van der Waals surface area contributed by atoms with Crippen LogP contribution in [0, 0.1) is 23.0 Å². The molecule has 1 atom stereocenters. The molecule has 2 N–H and O–H groups in total. The molecule has 4 aromatic rings. The standard InChI is InChI=1S/C24H19F5N8O.BF3/c1-13(24(27,28)29)35-22(38)16-6-18(26)19(7-17(16)25)36-10-23(11-36,3-4-30)37-9-14(8-34-37)20-15-2-5-31-21(15)33-12-32-20;2-1(3)4/h2,5-9,12-13H,3,10-11H2,1H3,(H,35,38)(H,31,32,33);/t13-;/m1./s1. The first-order valence-corrected chi connectivity index (χ1v) is 12.0. The highest BCUT2D eigenvalue weighted by molar-refractivity contribution is 6.33. The maximum absolute atomic E-state index is 14.9. The zero-order chi connectivity index (χ0) is 30.8. The lowest BCUT2D eigenvalue weighted by molar-refractivity contribution is -0.149. The number of hydrogen-bond donors (Lipinski definition) is 2. The molecule has 1 aliphatic rings. The van der Waals surface area contributed by atoms with Crippen molar-refractivity contribution < 1.29 is 39.7 Å². The third kappa shape index (κ3) is 6.14. The average molecular weight is 598 g/mol. The minimum Gasteiger partial charge on any atom is -0.364 e. The van der Waals surface area contributed by atoms with Gasteiger partial charge < -0.3 is 15.2 Å². The van der Waals surface area contributed by atoms with E-state index in [1.165, 1.54) is 11.2 Å². The van der Waals surface area contributed by atoms with Gasteiger partial charge in [0, 0.05) is 42.5 Å². The van der Waals surface area contributed by atoms with Crippen LogP contribution in [-0.4, -0.2) is 63.5 Å². The number of aromatic nitrogens is 5. The first-order chi connectivity index (χ1) is 19.8. The number of H-pyrrole nitrogens is 1. The zero-order valence-corrected chi connectivity index (χ0v) is 21.4. The number of fused-ring (bicyclic) bond motifs is 1. The number of carbonyl (C=O) groups is 1. The van der Waals surface area contributed by atoms with Gasteiger partial charge in [-0.3, -0.25) is 22.4 Å². The lowest BCUT2D eigenvalue weighted by Crippen LogP contribution is -2.63. The van der Waals surface area contributed by atoms with Gasteiger partial charge in [0.25, 0.3) is 5.91 Å². The number of nitriles is 1. The Kier molecular flexibility index (Phi) is 8.41. The van der Waals surface area contributed by atoms with E-state index in [4.69, 9.17) is 0 Å². The molecular formula is C24H19BF8N8O. The van der Waals surface area contributed by atoms with Crippen LogP contribution in [0.4, 0.5) is 40.6 Å². The fourth-order valence-electron chi connectivity index (χ4n) is 4.44. The Bertz CT molecular complexity index is 1620. The molecule has 0 saturated carbocycles. The second kappa shape index (κ2) is 11.7. The van der Waals surface area contributed by atoms with E-state index >= 15 is 0 Å². The molecule has 0 aliphatic carbocycles. The SMILES string of the molecule is C[C@@H](NC(=O)c1cc(F)c(N2CC(CC#N)(n3cc(-c4ncnc5[nH]ccc45)cn3)C2)cc1F)C(F)(F)F.FB(F)F. The molecule has 1 fully saturated rings. The molecule has 0 spiro atoms. The van der Waals surface area contributed by atoms with Crippen LogP contribution in [0.2, 0.25) is 0 Å². The molecule has 9 nitrogen and oxygen atoms in total. The second-order valence-corrected chi connectivity index (χ2v) is 9.32. The molecule has 18 heteroatoms. The normalized spacial score (nSPS) is 14.8. The van der Waals surface area contributed by atoms with Crippen molar-refractivity contribution in [1.29, 1.82) is 5.26 Å². The van der Waals surface area contributed by atoms with Gasteiger partial charge in [-0.15, -0.1) is 0 Å². The third-order valence-electron chi connectivity index (χ3n) is 6.53. The number of aromatic amines is 1. The van der Waals surface area contributed by atoms with Crippen LogP contribution in [0.15, 0.2) is 43.1 Å². The Morgan fingerprint density at radius 1 is 1.21 bits per heavy atom. The summed E-state index contributed by atoms with van der Waals surface area (Å²) in [5.74, 6) is -3.55. The van der Waals surface area contributed by atoms with Crippen molar-refractivity contribution in [1.82, 2.24) is 30.0 Å². The van der Waals surface area contributed by atoms with Crippen molar-refractivity contribution in [2.75, 3.05) is 18.0 Å². The Labute approximate surface area is 232 Å². The molecule has 1 saturated heterocycles. The van der Waals surface area contributed by atoms with Crippen molar-refractivity contribution in [3.05, 3.63) is 60.3 Å². The Hall–Kier alpha value is -4.69. The monoisotopic (exact) mass is 598 g/mol. The van der Waals surface area contributed by atoms with Crippen molar-refractivity contribution in [2.24, 2.45) is 0 Å². The van der Waals surface area contributed by atoms with Gasteiger partial charge in [0.1, 0.15) is 35.2 Å². The van der Waals surface area contributed by atoms with Crippen molar-refractivity contribution >= 4 is 30.2 Å². The molecule has 1 aromatic carbocycles. The van der Waals surface area contributed by atoms with Crippen molar-refractivity contribution in [2.45, 2.75) is 31.1 Å². The molecule has 1 aliphatic heterocycles. The maximum Gasteiger partial charge on any atom is 0.762 e. The largest absolute Gasteiger partial charge is 0.762 e. The fourth-order valence-corrected chi connectivity index (χ4v) is 4.44. The van der Waals surface area contributed by atoms with Crippen LogP contribution in [0.5, 0.6) is 0 Å². The quantitative estimate of drug-likeness (QED) is 0.244. The van der Waals surface area contributed by atoms with Gasteiger partial charge in [0.05, 0.1) is 35.6 Å². The number of alkyl halides is 3. The Morgan fingerprint density at radius 2 is 1.90 bits per heavy atom. The number of rotatable bonds is 6. The number of benzene rings is 1. The van der Waals surface area contributed by atoms with Crippen LogP contribution in [0.1, 0.15) is 23.7 Å². The maximum atomic E-state index is 14.9. The number of anilines is 1. The van der Waals surface area contributed by atoms with Gasteiger partial charge in [0.2, 0.25) is 0 Å². The number of nitrogens with zero attached hydrogens (tertiary/aromatic N) is 6. The third-order valence-corrected chi connectivity index (χ3v) is 6.53. The van der Waals surface area contributed by atoms with Crippen LogP contribution in [0.25, 0.3) is 22.3 Å².